The number of aliphatic hydroxyl groups is 1. The van der Waals surface area contributed by atoms with E-state index in [-0.39, 0.29) is 22.7 Å². The molecule has 1 aromatic carbocycles. The monoisotopic (exact) mass is 331 g/mol. The maximum Gasteiger partial charge on any atom is 0.343 e. The summed E-state index contributed by atoms with van der Waals surface area (Å²) in [6.07, 6.45) is 1.77. The molecule has 2 N–H and O–H groups in total. The van der Waals surface area contributed by atoms with Gasteiger partial charge in [0.25, 0.3) is 5.91 Å². The van der Waals surface area contributed by atoms with Crippen LogP contribution < -0.4 is 10.1 Å². The number of benzene rings is 1. The van der Waals surface area contributed by atoms with Gasteiger partial charge in [0.05, 0.1) is 18.3 Å². The van der Waals surface area contributed by atoms with Gasteiger partial charge in [-0.1, -0.05) is 25.5 Å². The van der Waals surface area contributed by atoms with Gasteiger partial charge in [0, 0.05) is 6.54 Å². The topological polar surface area (TPSA) is 84.9 Å². The predicted octanol–water partition coefficient (Wildman–Crippen LogP) is 2.71. The summed E-state index contributed by atoms with van der Waals surface area (Å²) >= 11 is 0. The Morgan fingerprint density at radius 1 is 1.29 bits per heavy atom. The van der Waals surface area contributed by atoms with E-state index in [4.69, 9.17) is 9.47 Å². The molecule has 2 rings (SSSR count). The highest BCUT2D eigenvalue weighted by Crippen LogP contribution is 2.32. The van der Waals surface area contributed by atoms with E-state index < -0.39 is 11.9 Å². The van der Waals surface area contributed by atoms with E-state index in [0.717, 1.165) is 12.8 Å². The van der Waals surface area contributed by atoms with Gasteiger partial charge in [-0.15, -0.1) is 0 Å². The first-order valence-electron chi connectivity index (χ1n) is 7.78. The van der Waals surface area contributed by atoms with Gasteiger partial charge in [0.1, 0.15) is 5.75 Å². The largest absolute Gasteiger partial charge is 0.504 e. The molecule has 1 aliphatic heterocycles. The highest BCUT2D eigenvalue weighted by atomic mass is 16.6. The third-order valence-electron chi connectivity index (χ3n) is 3.72. The summed E-state index contributed by atoms with van der Waals surface area (Å²) in [7, 11) is 1.54. The average molecular weight is 331 g/mol. The van der Waals surface area contributed by atoms with Crippen LogP contribution in [0, 0.1) is 0 Å². The molecule has 0 radical (unpaired) electrons. The van der Waals surface area contributed by atoms with E-state index in [1.54, 1.807) is 31.4 Å². The number of cyclic esters (lactones) is 1. The maximum absolute atomic E-state index is 12.6. The zero-order valence-electron chi connectivity index (χ0n) is 14.0. The lowest BCUT2D eigenvalue weighted by Crippen LogP contribution is -2.26. The molecule has 0 aromatic heterocycles. The normalized spacial score (nSPS) is 16.0. The summed E-state index contributed by atoms with van der Waals surface area (Å²) in [5.41, 5.74) is 0.725. The van der Waals surface area contributed by atoms with E-state index in [9.17, 15) is 14.7 Å². The van der Waals surface area contributed by atoms with Crippen molar-refractivity contribution in [1.82, 2.24) is 5.32 Å². The molecule has 1 aromatic rings. The van der Waals surface area contributed by atoms with Crippen molar-refractivity contribution in [3.8, 4) is 5.75 Å². The van der Waals surface area contributed by atoms with Crippen LogP contribution in [0.1, 0.15) is 32.3 Å². The van der Waals surface area contributed by atoms with Crippen molar-refractivity contribution in [1.29, 1.82) is 0 Å². The molecular weight excluding hydrogens is 310 g/mol. The number of esters is 1. The number of amides is 1. The molecule has 128 valence electrons. The molecule has 0 saturated heterocycles. The number of methoxy groups -OCH3 is 1. The molecule has 0 atom stereocenters. The second-order valence-electron chi connectivity index (χ2n) is 5.41. The van der Waals surface area contributed by atoms with Crippen molar-refractivity contribution in [2.24, 2.45) is 0 Å². The minimum absolute atomic E-state index is 0.0809. The lowest BCUT2D eigenvalue weighted by molar-refractivity contribution is -0.133. The second kappa shape index (κ2) is 7.68. The molecule has 1 amide bonds. The molecule has 6 heteroatoms. The lowest BCUT2D eigenvalue weighted by Gasteiger charge is -2.12. The summed E-state index contributed by atoms with van der Waals surface area (Å²) in [6.45, 7) is 3.97. The van der Waals surface area contributed by atoms with Gasteiger partial charge in [0.2, 0.25) is 0 Å². The van der Waals surface area contributed by atoms with E-state index in [1.807, 2.05) is 6.92 Å². The molecule has 0 unspecified atom stereocenters. The quantitative estimate of drug-likeness (QED) is 0.476. The molecule has 0 fully saturated rings. The minimum Gasteiger partial charge on any atom is -0.504 e. The first-order chi connectivity index (χ1) is 11.5. The SMILES string of the molecule is CCCCNC(=O)/C(=C1/OC(=O)C(C)=C1O)c1ccc(OC)cc1. The lowest BCUT2D eigenvalue weighted by atomic mass is 10.0. The number of unbranched alkanes of at least 4 members (excludes halogenated alkanes) is 1. The first-order valence-corrected chi connectivity index (χ1v) is 7.78. The average Bonchev–Trinajstić information content (AvgIpc) is 2.83. The number of aliphatic hydroxyl groups excluding tert-OH is 1. The number of carbonyl (C=O) groups excluding carboxylic acids is 2. The molecular formula is C18H21NO5. The van der Waals surface area contributed by atoms with Gasteiger partial charge in [0.15, 0.2) is 11.5 Å². The fourth-order valence-electron chi connectivity index (χ4n) is 2.24. The van der Waals surface area contributed by atoms with Crippen molar-refractivity contribution >= 4 is 17.4 Å². The number of carbonyl (C=O) groups is 2. The highest BCUT2D eigenvalue weighted by molar-refractivity contribution is 6.21. The third kappa shape index (κ3) is 3.59. The molecule has 0 spiro atoms. The zero-order valence-corrected chi connectivity index (χ0v) is 14.0. The van der Waals surface area contributed by atoms with Gasteiger partial charge in [-0.2, -0.15) is 0 Å². The number of hydrogen-bond acceptors (Lipinski definition) is 5. The van der Waals surface area contributed by atoms with Crippen LogP contribution in [0.15, 0.2) is 41.4 Å². The summed E-state index contributed by atoms with van der Waals surface area (Å²) in [5.74, 6) is -0.852. The Morgan fingerprint density at radius 3 is 2.46 bits per heavy atom. The summed E-state index contributed by atoms with van der Waals surface area (Å²) in [4.78, 5) is 24.3. The molecule has 0 bridgehead atoms. The first kappa shape index (κ1) is 17.6. The van der Waals surface area contributed by atoms with Gasteiger partial charge in [-0.05, 0) is 31.0 Å². The Balaban J connectivity index is 2.46. The summed E-state index contributed by atoms with van der Waals surface area (Å²) in [5, 5.41) is 12.9. The van der Waals surface area contributed by atoms with Gasteiger partial charge in [-0.3, -0.25) is 4.79 Å². The van der Waals surface area contributed by atoms with E-state index >= 15 is 0 Å². The Bertz CT molecular complexity index is 701. The van der Waals surface area contributed by atoms with Crippen LogP contribution in [-0.4, -0.2) is 30.6 Å². The third-order valence-corrected chi connectivity index (χ3v) is 3.72. The van der Waals surface area contributed by atoms with Crippen LogP contribution in [0.3, 0.4) is 0 Å². The smallest absolute Gasteiger partial charge is 0.343 e. The Morgan fingerprint density at radius 2 is 1.96 bits per heavy atom. The van der Waals surface area contributed by atoms with Crippen LogP contribution in [-0.2, 0) is 14.3 Å². The molecule has 1 heterocycles. The maximum atomic E-state index is 12.6. The van der Waals surface area contributed by atoms with Crippen molar-refractivity contribution < 1.29 is 24.2 Å². The van der Waals surface area contributed by atoms with Crippen LogP contribution in [0.25, 0.3) is 5.57 Å². The van der Waals surface area contributed by atoms with Crippen molar-refractivity contribution in [3.63, 3.8) is 0 Å². The summed E-state index contributed by atoms with van der Waals surface area (Å²) in [6, 6.07) is 6.74. The van der Waals surface area contributed by atoms with Gasteiger partial charge < -0.3 is 19.9 Å². The van der Waals surface area contributed by atoms with Crippen LogP contribution in [0.5, 0.6) is 5.75 Å². The van der Waals surface area contributed by atoms with Gasteiger partial charge in [-0.25, -0.2) is 4.79 Å². The fraction of sp³-hybridized carbons (Fsp3) is 0.333. The Kier molecular flexibility index (Phi) is 5.63. The van der Waals surface area contributed by atoms with E-state index in [0.29, 0.717) is 17.9 Å². The zero-order chi connectivity index (χ0) is 17.7. The second-order valence-corrected chi connectivity index (χ2v) is 5.41. The number of nitrogens with one attached hydrogen (secondary N) is 1. The number of rotatable bonds is 6. The van der Waals surface area contributed by atoms with E-state index in [1.165, 1.54) is 6.92 Å². The molecule has 0 saturated carbocycles. The minimum atomic E-state index is -0.658. The number of ether oxygens (including phenoxy) is 2. The van der Waals surface area contributed by atoms with Crippen LogP contribution in [0.2, 0.25) is 0 Å². The Hall–Kier alpha value is -2.76. The predicted molar refractivity (Wildman–Crippen MR) is 89.3 cm³/mol. The molecule has 24 heavy (non-hydrogen) atoms. The van der Waals surface area contributed by atoms with Crippen molar-refractivity contribution in [2.45, 2.75) is 26.7 Å². The van der Waals surface area contributed by atoms with Crippen molar-refractivity contribution in [3.05, 3.63) is 46.9 Å². The number of hydrogen-bond donors (Lipinski definition) is 2. The summed E-state index contributed by atoms with van der Waals surface area (Å²) < 4.78 is 10.2. The van der Waals surface area contributed by atoms with Crippen molar-refractivity contribution in [2.75, 3.05) is 13.7 Å². The Labute approximate surface area is 140 Å². The molecule has 6 nitrogen and oxygen atoms in total. The van der Waals surface area contributed by atoms with E-state index in [2.05, 4.69) is 5.32 Å². The standard InChI is InChI=1S/C18H21NO5/c1-4-5-10-19-17(21)14(12-6-8-13(23-3)9-7-12)16-15(20)11(2)18(22)24-16/h6-9,20H,4-5,10H2,1-3H3,(H,19,21)/b16-14+. The van der Waals surface area contributed by atoms with Crippen LogP contribution in [0.4, 0.5) is 0 Å². The van der Waals surface area contributed by atoms with Gasteiger partial charge >= 0.3 is 5.97 Å². The fourth-order valence-corrected chi connectivity index (χ4v) is 2.24. The molecule has 1 aliphatic rings. The van der Waals surface area contributed by atoms with Crippen LogP contribution >= 0.6 is 0 Å². The highest BCUT2D eigenvalue weighted by Gasteiger charge is 2.32. The molecule has 0 aliphatic carbocycles.